The van der Waals surface area contributed by atoms with E-state index in [2.05, 4.69) is 26.1 Å². The topological polar surface area (TPSA) is 30.5 Å². The van der Waals surface area contributed by atoms with Crippen LogP contribution in [0.4, 0.5) is 0 Å². The standard InChI is InChI=1S/C13H27NO2/c1-11(2)8-12(3)16-7-5-14-9-13-4-6-15-10-13/h11-14H,4-10H2,1-3H3. The molecule has 0 aliphatic carbocycles. The van der Waals surface area contributed by atoms with Crippen LogP contribution in [0.1, 0.15) is 33.6 Å². The quantitative estimate of drug-likeness (QED) is 0.646. The molecule has 3 nitrogen and oxygen atoms in total. The zero-order valence-corrected chi connectivity index (χ0v) is 11.0. The van der Waals surface area contributed by atoms with Crippen molar-refractivity contribution in [2.75, 3.05) is 32.9 Å². The van der Waals surface area contributed by atoms with Crippen LogP contribution in [-0.4, -0.2) is 39.0 Å². The molecule has 2 unspecified atom stereocenters. The number of ether oxygens (including phenoxy) is 2. The summed E-state index contributed by atoms with van der Waals surface area (Å²) in [7, 11) is 0. The molecule has 0 aromatic carbocycles. The van der Waals surface area contributed by atoms with Crippen LogP contribution in [0.15, 0.2) is 0 Å². The van der Waals surface area contributed by atoms with E-state index in [-0.39, 0.29) is 0 Å². The summed E-state index contributed by atoms with van der Waals surface area (Å²) in [6.07, 6.45) is 2.74. The first-order valence-electron chi connectivity index (χ1n) is 6.58. The SMILES string of the molecule is CC(C)CC(C)OCCNCC1CCOC1. The Labute approximate surface area is 99.9 Å². The summed E-state index contributed by atoms with van der Waals surface area (Å²) >= 11 is 0. The van der Waals surface area contributed by atoms with Gasteiger partial charge in [-0.3, -0.25) is 0 Å². The normalized spacial score (nSPS) is 22.9. The van der Waals surface area contributed by atoms with Crippen molar-refractivity contribution in [2.24, 2.45) is 11.8 Å². The molecular formula is C13H27NO2. The maximum atomic E-state index is 5.72. The van der Waals surface area contributed by atoms with Gasteiger partial charge in [0.2, 0.25) is 0 Å². The van der Waals surface area contributed by atoms with E-state index >= 15 is 0 Å². The fourth-order valence-electron chi connectivity index (χ4n) is 2.11. The van der Waals surface area contributed by atoms with Crippen LogP contribution in [0.5, 0.6) is 0 Å². The van der Waals surface area contributed by atoms with E-state index < -0.39 is 0 Å². The summed E-state index contributed by atoms with van der Waals surface area (Å²) < 4.78 is 11.0. The molecule has 1 heterocycles. The van der Waals surface area contributed by atoms with Crippen molar-refractivity contribution in [3.63, 3.8) is 0 Å². The summed E-state index contributed by atoms with van der Waals surface area (Å²) in [4.78, 5) is 0. The zero-order chi connectivity index (χ0) is 11.8. The molecule has 0 bridgehead atoms. The highest BCUT2D eigenvalue weighted by molar-refractivity contribution is 4.66. The largest absolute Gasteiger partial charge is 0.381 e. The van der Waals surface area contributed by atoms with Gasteiger partial charge in [0.15, 0.2) is 0 Å². The molecule has 96 valence electrons. The Morgan fingerprint density at radius 2 is 2.19 bits per heavy atom. The molecule has 0 saturated carbocycles. The number of hydrogen-bond donors (Lipinski definition) is 1. The van der Waals surface area contributed by atoms with Crippen molar-refractivity contribution in [3.8, 4) is 0 Å². The highest BCUT2D eigenvalue weighted by Gasteiger charge is 2.14. The molecule has 1 aliphatic heterocycles. The maximum Gasteiger partial charge on any atom is 0.0594 e. The molecule has 3 heteroatoms. The molecule has 0 aromatic heterocycles. The molecule has 1 saturated heterocycles. The average molecular weight is 229 g/mol. The van der Waals surface area contributed by atoms with Gasteiger partial charge in [0.25, 0.3) is 0 Å². The highest BCUT2D eigenvalue weighted by Crippen LogP contribution is 2.10. The number of nitrogens with one attached hydrogen (secondary N) is 1. The summed E-state index contributed by atoms with van der Waals surface area (Å²) in [5, 5.41) is 3.43. The van der Waals surface area contributed by atoms with E-state index in [0.717, 1.165) is 45.2 Å². The van der Waals surface area contributed by atoms with Gasteiger partial charge in [0.1, 0.15) is 0 Å². The van der Waals surface area contributed by atoms with E-state index in [1.807, 2.05) is 0 Å². The Morgan fingerprint density at radius 3 is 2.81 bits per heavy atom. The molecule has 1 rings (SSSR count). The Balaban J connectivity index is 1.87. The Kier molecular flexibility index (Phi) is 7.01. The second-order valence-corrected chi connectivity index (χ2v) is 5.24. The lowest BCUT2D eigenvalue weighted by molar-refractivity contribution is 0.0535. The van der Waals surface area contributed by atoms with Crippen LogP contribution >= 0.6 is 0 Å². The van der Waals surface area contributed by atoms with Gasteiger partial charge in [0, 0.05) is 19.7 Å². The van der Waals surface area contributed by atoms with Crippen LogP contribution in [0.2, 0.25) is 0 Å². The summed E-state index contributed by atoms with van der Waals surface area (Å²) in [6, 6.07) is 0. The fraction of sp³-hybridized carbons (Fsp3) is 1.00. The smallest absolute Gasteiger partial charge is 0.0594 e. The molecule has 1 fully saturated rings. The summed E-state index contributed by atoms with van der Waals surface area (Å²) in [5.41, 5.74) is 0. The molecule has 2 atom stereocenters. The fourth-order valence-corrected chi connectivity index (χ4v) is 2.11. The van der Waals surface area contributed by atoms with Crippen molar-refractivity contribution in [1.29, 1.82) is 0 Å². The molecule has 0 aromatic rings. The predicted molar refractivity (Wildman–Crippen MR) is 66.7 cm³/mol. The maximum absolute atomic E-state index is 5.72. The third-order valence-corrected chi connectivity index (χ3v) is 2.94. The first-order chi connectivity index (χ1) is 7.68. The van der Waals surface area contributed by atoms with E-state index in [1.54, 1.807) is 0 Å². The van der Waals surface area contributed by atoms with Gasteiger partial charge >= 0.3 is 0 Å². The Morgan fingerprint density at radius 1 is 1.38 bits per heavy atom. The van der Waals surface area contributed by atoms with Gasteiger partial charge in [-0.2, -0.15) is 0 Å². The van der Waals surface area contributed by atoms with Gasteiger partial charge in [0.05, 0.1) is 19.3 Å². The summed E-state index contributed by atoms with van der Waals surface area (Å²) in [6.45, 7) is 11.3. The molecule has 16 heavy (non-hydrogen) atoms. The molecular weight excluding hydrogens is 202 g/mol. The van der Waals surface area contributed by atoms with E-state index in [1.165, 1.54) is 6.42 Å². The van der Waals surface area contributed by atoms with Gasteiger partial charge < -0.3 is 14.8 Å². The lowest BCUT2D eigenvalue weighted by Gasteiger charge is -2.16. The molecule has 1 N–H and O–H groups in total. The van der Waals surface area contributed by atoms with Crippen LogP contribution in [0.3, 0.4) is 0 Å². The van der Waals surface area contributed by atoms with Crippen molar-refractivity contribution < 1.29 is 9.47 Å². The summed E-state index contributed by atoms with van der Waals surface area (Å²) in [5.74, 6) is 1.44. The number of hydrogen-bond acceptors (Lipinski definition) is 3. The lowest BCUT2D eigenvalue weighted by atomic mass is 10.1. The minimum Gasteiger partial charge on any atom is -0.381 e. The van der Waals surface area contributed by atoms with Gasteiger partial charge in [-0.15, -0.1) is 0 Å². The monoisotopic (exact) mass is 229 g/mol. The van der Waals surface area contributed by atoms with Crippen molar-refractivity contribution in [3.05, 3.63) is 0 Å². The second-order valence-electron chi connectivity index (χ2n) is 5.24. The first kappa shape index (κ1) is 13.9. The van der Waals surface area contributed by atoms with E-state index in [4.69, 9.17) is 9.47 Å². The minimum absolute atomic E-state index is 0.386. The van der Waals surface area contributed by atoms with Gasteiger partial charge in [-0.25, -0.2) is 0 Å². The highest BCUT2D eigenvalue weighted by atomic mass is 16.5. The molecule has 0 spiro atoms. The lowest BCUT2D eigenvalue weighted by Crippen LogP contribution is -2.27. The first-order valence-corrected chi connectivity index (χ1v) is 6.58. The van der Waals surface area contributed by atoms with Gasteiger partial charge in [-0.05, 0) is 31.6 Å². The molecule has 0 radical (unpaired) electrons. The third kappa shape index (κ3) is 6.46. The third-order valence-electron chi connectivity index (χ3n) is 2.94. The molecule has 0 amide bonds. The van der Waals surface area contributed by atoms with Crippen molar-refractivity contribution >= 4 is 0 Å². The average Bonchev–Trinajstić information content (AvgIpc) is 2.68. The second kappa shape index (κ2) is 8.04. The number of rotatable bonds is 8. The van der Waals surface area contributed by atoms with Gasteiger partial charge in [-0.1, -0.05) is 13.8 Å². The molecule has 1 aliphatic rings. The predicted octanol–water partition coefficient (Wildman–Crippen LogP) is 2.06. The Bertz CT molecular complexity index is 167. The van der Waals surface area contributed by atoms with E-state index in [0.29, 0.717) is 12.0 Å². The zero-order valence-electron chi connectivity index (χ0n) is 11.0. The van der Waals surface area contributed by atoms with Crippen molar-refractivity contribution in [2.45, 2.75) is 39.7 Å². The van der Waals surface area contributed by atoms with Crippen LogP contribution in [0.25, 0.3) is 0 Å². The van der Waals surface area contributed by atoms with E-state index in [9.17, 15) is 0 Å². The van der Waals surface area contributed by atoms with Crippen LogP contribution in [-0.2, 0) is 9.47 Å². The van der Waals surface area contributed by atoms with Crippen LogP contribution < -0.4 is 5.32 Å². The van der Waals surface area contributed by atoms with Crippen molar-refractivity contribution in [1.82, 2.24) is 5.32 Å². The van der Waals surface area contributed by atoms with Crippen LogP contribution in [0, 0.1) is 11.8 Å². The minimum atomic E-state index is 0.386. The Hall–Kier alpha value is -0.120.